The molecule has 262 valence electrons. The molecule has 0 spiro atoms. The monoisotopic (exact) mass is 709 g/mol. The first-order valence-corrected chi connectivity index (χ1v) is 18.1. The highest BCUT2D eigenvalue weighted by atomic mass is 32.1. The van der Waals surface area contributed by atoms with Crippen molar-refractivity contribution in [3.63, 3.8) is 0 Å². The number of aromatic nitrogens is 2. The molecular weight excluding hydrogens is 671 g/mol. The Morgan fingerprint density at radius 2 is 1.54 bits per heavy atom. The summed E-state index contributed by atoms with van der Waals surface area (Å²) in [6, 6.07) is 35.7. The number of aryl methyl sites for hydroxylation is 1. The third-order valence-electron chi connectivity index (χ3n) is 9.05. The fraction of sp³-hybridized carbons (Fsp3) is 0.186. The number of rotatable bonds is 10. The van der Waals surface area contributed by atoms with Crippen LogP contribution in [-0.4, -0.2) is 35.4 Å². The molecule has 8 nitrogen and oxygen atoms in total. The fourth-order valence-electron chi connectivity index (χ4n) is 6.69. The van der Waals surface area contributed by atoms with Crippen LogP contribution in [-0.2, 0) is 9.53 Å². The second kappa shape index (κ2) is 14.7. The van der Waals surface area contributed by atoms with E-state index in [-0.39, 0.29) is 12.2 Å². The van der Waals surface area contributed by atoms with E-state index >= 15 is 0 Å². The molecule has 0 aliphatic carbocycles. The van der Waals surface area contributed by atoms with Crippen LogP contribution in [0.15, 0.2) is 130 Å². The first kappa shape index (κ1) is 34.5. The first-order valence-electron chi connectivity index (χ1n) is 17.3. The highest BCUT2D eigenvalue weighted by molar-refractivity contribution is 7.07. The molecule has 9 heteroatoms. The fourth-order valence-corrected chi connectivity index (χ4v) is 7.73. The van der Waals surface area contributed by atoms with Crippen LogP contribution in [0.1, 0.15) is 43.5 Å². The van der Waals surface area contributed by atoms with E-state index in [2.05, 4.69) is 66.1 Å². The topological polar surface area (TPSA) is 84.1 Å². The number of thiazole rings is 1. The van der Waals surface area contributed by atoms with Gasteiger partial charge in [0.2, 0.25) is 0 Å². The van der Waals surface area contributed by atoms with Gasteiger partial charge in [0, 0.05) is 11.3 Å². The van der Waals surface area contributed by atoms with Gasteiger partial charge in [0.15, 0.2) is 16.3 Å². The van der Waals surface area contributed by atoms with E-state index in [9.17, 15) is 9.59 Å². The molecular formula is C43H39N3O5S. The van der Waals surface area contributed by atoms with Gasteiger partial charge in [-0.25, -0.2) is 9.79 Å². The Balaban J connectivity index is 1.50. The highest BCUT2D eigenvalue weighted by Crippen LogP contribution is 2.38. The normalized spacial score (nSPS) is 14.2. The Hall–Kier alpha value is -5.93. The van der Waals surface area contributed by atoms with Crippen molar-refractivity contribution in [1.82, 2.24) is 9.13 Å². The zero-order chi connectivity index (χ0) is 36.4. The van der Waals surface area contributed by atoms with Crippen molar-refractivity contribution in [3.05, 3.63) is 157 Å². The molecule has 0 unspecified atom stereocenters. The maximum Gasteiger partial charge on any atom is 0.338 e. The molecule has 0 saturated heterocycles. The van der Waals surface area contributed by atoms with Crippen molar-refractivity contribution in [2.45, 2.75) is 33.7 Å². The summed E-state index contributed by atoms with van der Waals surface area (Å²) in [5.41, 5.74) is 8.23. The molecule has 3 heterocycles. The molecule has 6 aromatic rings. The number of fused-ring (bicyclic) bond motifs is 1. The smallest absolute Gasteiger partial charge is 0.338 e. The zero-order valence-electron chi connectivity index (χ0n) is 29.8. The Morgan fingerprint density at radius 3 is 2.19 bits per heavy atom. The molecule has 52 heavy (non-hydrogen) atoms. The lowest BCUT2D eigenvalue weighted by Crippen LogP contribution is -2.40. The maximum absolute atomic E-state index is 14.7. The number of carbonyl (C=O) groups is 1. The molecule has 1 aliphatic rings. The number of carbonyl (C=O) groups excluding carboxylic acids is 1. The molecule has 7 rings (SSSR count). The minimum absolute atomic E-state index is 0.184. The summed E-state index contributed by atoms with van der Waals surface area (Å²) in [6.45, 7) is 8.11. The third kappa shape index (κ3) is 6.39. The predicted molar refractivity (Wildman–Crippen MR) is 206 cm³/mol. The molecule has 0 amide bonds. The highest BCUT2D eigenvalue weighted by Gasteiger charge is 2.34. The van der Waals surface area contributed by atoms with Gasteiger partial charge in [-0.1, -0.05) is 95.8 Å². The molecule has 1 atom stereocenters. The van der Waals surface area contributed by atoms with Crippen molar-refractivity contribution in [2.24, 2.45) is 4.99 Å². The van der Waals surface area contributed by atoms with Crippen LogP contribution < -0.4 is 24.4 Å². The SMILES string of the molecule is CCOC(=O)C1=C(C)N=c2s/c(=C/c3cc(-c4ccccc4)n(-c4ccc(C)cc4)c3-c3ccccc3)c(=O)n2[C@H]1c1ccc(OC)c(OCC)c1. The van der Waals surface area contributed by atoms with Gasteiger partial charge >= 0.3 is 5.97 Å². The number of hydrogen-bond acceptors (Lipinski definition) is 7. The standard InChI is InChI=1S/C43H39N3O5S/c1-6-50-36-25-31(20-23-35(36)49-5)40-38(42(48)51-7-2)28(4)44-43-46(40)41(47)37(52-43)26-32-24-34(29-14-10-8-11-15-29)45(33-21-18-27(3)19-22-33)39(32)30-16-12-9-13-17-30/h8-26,40H,6-7H2,1-5H3/b37-26+/t40-/m0/s1. The molecule has 0 saturated carbocycles. The summed E-state index contributed by atoms with van der Waals surface area (Å²) < 4.78 is 21.3. The molecule has 0 bridgehead atoms. The van der Waals surface area contributed by atoms with Gasteiger partial charge in [0.05, 0.1) is 53.6 Å². The van der Waals surface area contributed by atoms with Crippen LogP contribution in [0.25, 0.3) is 34.3 Å². The average molecular weight is 710 g/mol. The van der Waals surface area contributed by atoms with Gasteiger partial charge in [-0.05, 0) is 80.8 Å². The number of esters is 1. The van der Waals surface area contributed by atoms with Crippen LogP contribution in [0, 0.1) is 6.92 Å². The summed E-state index contributed by atoms with van der Waals surface area (Å²) in [5.74, 6) is 0.545. The Morgan fingerprint density at radius 1 is 0.846 bits per heavy atom. The minimum Gasteiger partial charge on any atom is -0.493 e. The molecule has 1 aliphatic heterocycles. The lowest BCUT2D eigenvalue weighted by molar-refractivity contribution is -0.139. The second-order valence-electron chi connectivity index (χ2n) is 12.4. The van der Waals surface area contributed by atoms with E-state index in [4.69, 9.17) is 19.2 Å². The van der Waals surface area contributed by atoms with Crippen LogP contribution in [0.2, 0.25) is 0 Å². The van der Waals surface area contributed by atoms with Crippen molar-refractivity contribution >= 4 is 23.4 Å². The van der Waals surface area contributed by atoms with Crippen molar-refractivity contribution in [3.8, 4) is 39.7 Å². The van der Waals surface area contributed by atoms with Crippen molar-refractivity contribution in [2.75, 3.05) is 20.3 Å². The number of benzene rings is 4. The Bertz CT molecular complexity index is 2480. The summed E-state index contributed by atoms with van der Waals surface area (Å²) >= 11 is 1.30. The van der Waals surface area contributed by atoms with E-state index in [0.717, 1.165) is 39.3 Å². The summed E-state index contributed by atoms with van der Waals surface area (Å²) in [4.78, 5) is 33.6. The van der Waals surface area contributed by atoms with Crippen molar-refractivity contribution in [1.29, 1.82) is 0 Å². The quantitative estimate of drug-likeness (QED) is 0.137. The summed E-state index contributed by atoms with van der Waals surface area (Å²) in [7, 11) is 1.58. The van der Waals surface area contributed by atoms with Crippen molar-refractivity contribution < 1.29 is 19.0 Å². The average Bonchev–Trinajstić information content (AvgIpc) is 3.69. The molecule has 0 N–H and O–H groups in total. The van der Waals surface area contributed by atoms with E-state index in [1.165, 1.54) is 11.3 Å². The molecule has 0 fully saturated rings. The number of nitrogens with zero attached hydrogens (tertiary/aromatic N) is 3. The van der Waals surface area contributed by atoms with Crippen LogP contribution >= 0.6 is 11.3 Å². The van der Waals surface area contributed by atoms with Gasteiger partial charge in [0.25, 0.3) is 5.56 Å². The third-order valence-corrected chi connectivity index (χ3v) is 10.0. The molecule has 4 aromatic carbocycles. The summed E-state index contributed by atoms with van der Waals surface area (Å²) in [6.07, 6.45) is 1.95. The largest absolute Gasteiger partial charge is 0.493 e. The molecule has 2 aromatic heterocycles. The number of methoxy groups -OCH3 is 1. The Labute approximate surface area is 306 Å². The van der Waals surface area contributed by atoms with E-state index < -0.39 is 12.0 Å². The zero-order valence-corrected chi connectivity index (χ0v) is 30.6. The number of ether oxygens (including phenoxy) is 3. The van der Waals surface area contributed by atoms with E-state index in [1.807, 2.05) is 61.5 Å². The maximum atomic E-state index is 14.7. The van der Waals surface area contributed by atoms with Crippen LogP contribution in [0.4, 0.5) is 0 Å². The van der Waals surface area contributed by atoms with Gasteiger partial charge in [0.1, 0.15) is 0 Å². The van der Waals surface area contributed by atoms with Gasteiger partial charge in [-0.15, -0.1) is 0 Å². The predicted octanol–water partition coefficient (Wildman–Crippen LogP) is 7.64. The Kier molecular flexibility index (Phi) is 9.78. The second-order valence-corrected chi connectivity index (χ2v) is 13.4. The first-order chi connectivity index (χ1) is 25.3. The van der Waals surface area contributed by atoms with Gasteiger partial charge in [-0.2, -0.15) is 0 Å². The number of allylic oxidation sites excluding steroid dienone is 1. The lowest BCUT2D eigenvalue weighted by Gasteiger charge is -2.25. The molecule has 0 radical (unpaired) electrons. The van der Waals surface area contributed by atoms with Crippen LogP contribution in [0.5, 0.6) is 11.5 Å². The minimum atomic E-state index is -0.798. The van der Waals surface area contributed by atoms with Gasteiger partial charge < -0.3 is 18.8 Å². The van der Waals surface area contributed by atoms with E-state index in [1.54, 1.807) is 31.6 Å². The van der Waals surface area contributed by atoms with E-state index in [0.29, 0.717) is 44.3 Å². The van der Waals surface area contributed by atoms with Crippen LogP contribution in [0.3, 0.4) is 0 Å². The summed E-state index contributed by atoms with van der Waals surface area (Å²) in [5, 5.41) is 0. The van der Waals surface area contributed by atoms with Gasteiger partial charge in [-0.3, -0.25) is 9.36 Å². The lowest BCUT2D eigenvalue weighted by atomic mass is 9.95. The number of hydrogen-bond donors (Lipinski definition) is 0.